The van der Waals surface area contributed by atoms with Crippen molar-refractivity contribution in [3.8, 4) is 5.75 Å². The molecule has 0 amide bonds. The van der Waals surface area contributed by atoms with Crippen LogP contribution in [0.15, 0.2) is 36.7 Å². The summed E-state index contributed by atoms with van der Waals surface area (Å²) in [7, 11) is 1.68. The van der Waals surface area contributed by atoms with Gasteiger partial charge in [-0.05, 0) is 48.6 Å². The Morgan fingerprint density at radius 2 is 2.20 bits per heavy atom. The number of aromatic nitrogens is 1. The lowest BCUT2D eigenvalue weighted by Gasteiger charge is -2.10. The third kappa shape index (κ3) is 2.84. The molecule has 2 N–H and O–H groups in total. The summed E-state index contributed by atoms with van der Waals surface area (Å²) in [6.07, 6.45) is 6.71. The third-order valence-corrected chi connectivity index (χ3v) is 4.12. The second-order valence-corrected chi connectivity index (χ2v) is 5.87. The average molecular weight is 291 g/mol. The van der Waals surface area contributed by atoms with Gasteiger partial charge in [-0.15, -0.1) is 0 Å². The molecule has 0 bridgehead atoms. The van der Waals surface area contributed by atoms with Gasteiger partial charge in [0.05, 0.1) is 13.7 Å². The second-order valence-electron chi connectivity index (χ2n) is 5.44. The van der Waals surface area contributed by atoms with Gasteiger partial charge in [-0.1, -0.05) is 11.6 Å². The fraction of sp³-hybridized carbons (Fsp3) is 0.375. The van der Waals surface area contributed by atoms with E-state index in [1.54, 1.807) is 7.11 Å². The Kier molecular flexibility index (Phi) is 3.72. The van der Waals surface area contributed by atoms with Gasteiger partial charge in [0.25, 0.3) is 0 Å². The number of nitrogens with two attached hydrogens (primary N) is 1. The van der Waals surface area contributed by atoms with Crippen molar-refractivity contribution in [2.75, 3.05) is 7.11 Å². The van der Waals surface area contributed by atoms with Gasteiger partial charge in [-0.3, -0.25) is 0 Å². The minimum absolute atomic E-state index is 0.178. The van der Waals surface area contributed by atoms with Crippen LogP contribution in [0.25, 0.3) is 0 Å². The van der Waals surface area contributed by atoms with Crippen molar-refractivity contribution in [1.29, 1.82) is 0 Å². The van der Waals surface area contributed by atoms with E-state index in [0.29, 0.717) is 5.92 Å². The summed E-state index contributed by atoms with van der Waals surface area (Å²) < 4.78 is 7.51. The standard InChI is InChI=1S/C16H19ClN2O/c1-20-15-5-4-14(17)8-13(15)10-19-7-6-12(9-19)16(18)11-2-3-11/h4-9,11,16H,2-3,10,18H2,1H3. The van der Waals surface area contributed by atoms with Gasteiger partial charge in [0.15, 0.2) is 0 Å². The molecule has 1 heterocycles. The zero-order chi connectivity index (χ0) is 14.1. The fourth-order valence-corrected chi connectivity index (χ4v) is 2.74. The number of hydrogen-bond donors (Lipinski definition) is 1. The van der Waals surface area contributed by atoms with Crippen LogP contribution < -0.4 is 10.5 Å². The molecule has 0 saturated heterocycles. The van der Waals surface area contributed by atoms with Crippen LogP contribution in [-0.2, 0) is 6.54 Å². The van der Waals surface area contributed by atoms with Crippen molar-refractivity contribution in [2.24, 2.45) is 11.7 Å². The van der Waals surface area contributed by atoms with Crippen LogP contribution in [0.5, 0.6) is 5.75 Å². The maximum absolute atomic E-state index is 6.23. The van der Waals surface area contributed by atoms with Gasteiger partial charge < -0.3 is 15.0 Å². The van der Waals surface area contributed by atoms with Crippen LogP contribution in [0, 0.1) is 5.92 Å². The third-order valence-electron chi connectivity index (χ3n) is 3.88. The normalized spacial score (nSPS) is 16.1. The highest BCUT2D eigenvalue weighted by Crippen LogP contribution is 2.39. The predicted octanol–water partition coefficient (Wildman–Crippen LogP) is 3.61. The van der Waals surface area contributed by atoms with Crippen LogP contribution in [0.2, 0.25) is 5.02 Å². The molecular weight excluding hydrogens is 272 g/mol. The number of ether oxygens (including phenoxy) is 1. The van der Waals surface area contributed by atoms with Crippen LogP contribution >= 0.6 is 11.6 Å². The van der Waals surface area contributed by atoms with Crippen LogP contribution in [-0.4, -0.2) is 11.7 Å². The number of benzene rings is 1. The molecule has 1 fully saturated rings. The van der Waals surface area contributed by atoms with Gasteiger partial charge in [-0.25, -0.2) is 0 Å². The SMILES string of the molecule is COc1ccc(Cl)cc1Cn1ccc(C(N)C2CC2)c1. The quantitative estimate of drug-likeness (QED) is 0.914. The molecule has 1 saturated carbocycles. The molecule has 0 spiro atoms. The fourth-order valence-electron chi connectivity index (χ4n) is 2.55. The molecule has 20 heavy (non-hydrogen) atoms. The number of nitrogens with zero attached hydrogens (tertiary/aromatic N) is 1. The molecule has 1 aliphatic rings. The summed E-state index contributed by atoms with van der Waals surface area (Å²) in [6, 6.07) is 7.98. The molecule has 1 aliphatic carbocycles. The lowest BCUT2D eigenvalue weighted by Crippen LogP contribution is -2.11. The average Bonchev–Trinajstić information content (AvgIpc) is 3.19. The molecule has 1 aromatic carbocycles. The van der Waals surface area contributed by atoms with Gasteiger partial charge >= 0.3 is 0 Å². The van der Waals surface area contributed by atoms with Crippen molar-refractivity contribution in [3.63, 3.8) is 0 Å². The largest absolute Gasteiger partial charge is 0.496 e. The highest BCUT2D eigenvalue weighted by atomic mass is 35.5. The maximum Gasteiger partial charge on any atom is 0.123 e. The van der Waals surface area contributed by atoms with Crippen LogP contribution in [0.1, 0.15) is 30.0 Å². The highest BCUT2D eigenvalue weighted by Gasteiger charge is 2.29. The number of rotatable bonds is 5. The maximum atomic E-state index is 6.23. The molecule has 2 aromatic rings. The minimum Gasteiger partial charge on any atom is -0.496 e. The molecule has 1 unspecified atom stereocenters. The molecule has 106 valence electrons. The summed E-state index contributed by atoms with van der Waals surface area (Å²) >= 11 is 6.06. The zero-order valence-corrected chi connectivity index (χ0v) is 12.3. The van der Waals surface area contributed by atoms with Crippen molar-refractivity contribution in [2.45, 2.75) is 25.4 Å². The Morgan fingerprint density at radius 1 is 1.40 bits per heavy atom. The van der Waals surface area contributed by atoms with Crippen LogP contribution in [0.3, 0.4) is 0 Å². The first-order valence-corrected chi connectivity index (χ1v) is 7.29. The summed E-state index contributed by atoms with van der Waals surface area (Å²) in [5.74, 6) is 1.53. The molecular formula is C16H19ClN2O. The first-order valence-electron chi connectivity index (χ1n) is 6.91. The second kappa shape index (κ2) is 5.51. The Bertz CT molecular complexity index is 604. The molecule has 0 aliphatic heterocycles. The number of halogens is 1. The molecule has 1 atom stereocenters. The Morgan fingerprint density at radius 3 is 2.90 bits per heavy atom. The Labute approximate surface area is 124 Å². The lowest BCUT2D eigenvalue weighted by molar-refractivity contribution is 0.408. The number of methoxy groups -OCH3 is 1. The van der Waals surface area contributed by atoms with Crippen molar-refractivity contribution in [1.82, 2.24) is 4.57 Å². The Hall–Kier alpha value is -1.45. The molecule has 4 heteroatoms. The van der Waals surface area contributed by atoms with Crippen molar-refractivity contribution < 1.29 is 4.74 Å². The van der Waals surface area contributed by atoms with E-state index in [-0.39, 0.29) is 6.04 Å². The van der Waals surface area contributed by atoms with E-state index in [9.17, 15) is 0 Å². The molecule has 3 nitrogen and oxygen atoms in total. The van der Waals surface area contributed by atoms with Gasteiger partial charge in [0, 0.05) is 29.0 Å². The van der Waals surface area contributed by atoms with E-state index < -0.39 is 0 Å². The van der Waals surface area contributed by atoms with E-state index in [4.69, 9.17) is 22.1 Å². The molecule has 0 radical (unpaired) electrons. The van der Waals surface area contributed by atoms with Gasteiger partial charge in [0.2, 0.25) is 0 Å². The first kappa shape index (κ1) is 13.5. The van der Waals surface area contributed by atoms with E-state index in [2.05, 4.69) is 23.0 Å². The van der Waals surface area contributed by atoms with E-state index in [1.165, 1.54) is 18.4 Å². The van der Waals surface area contributed by atoms with Gasteiger partial charge in [-0.2, -0.15) is 0 Å². The van der Waals surface area contributed by atoms with E-state index in [0.717, 1.165) is 22.9 Å². The zero-order valence-electron chi connectivity index (χ0n) is 11.6. The van der Waals surface area contributed by atoms with Crippen molar-refractivity contribution >= 4 is 11.6 Å². The Balaban J connectivity index is 1.79. The first-order chi connectivity index (χ1) is 9.67. The smallest absolute Gasteiger partial charge is 0.123 e. The lowest BCUT2D eigenvalue weighted by atomic mass is 10.1. The van der Waals surface area contributed by atoms with E-state index >= 15 is 0 Å². The molecule has 1 aromatic heterocycles. The van der Waals surface area contributed by atoms with Crippen molar-refractivity contribution in [3.05, 3.63) is 52.8 Å². The predicted molar refractivity (Wildman–Crippen MR) is 81.2 cm³/mol. The minimum atomic E-state index is 0.178. The summed E-state index contributed by atoms with van der Waals surface area (Å²) in [5.41, 5.74) is 8.52. The van der Waals surface area contributed by atoms with E-state index in [1.807, 2.05) is 18.2 Å². The van der Waals surface area contributed by atoms with Crippen LogP contribution in [0.4, 0.5) is 0 Å². The summed E-state index contributed by atoms with van der Waals surface area (Å²) in [5, 5.41) is 0.725. The highest BCUT2D eigenvalue weighted by molar-refractivity contribution is 6.30. The summed E-state index contributed by atoms with van der Waals surface area (Å²) in [4.78, 5) is 0. The van der Waals surface area contributed by atoms with Gasteiger partial charge in [0.1, 0.15) is 5.75 Å². The monoisotopic (exact) mass is 290 g/mol. The topological polar surface area (TPSA) is 40.2 Å². The summed E-state index contributed by atoms with van der Waals surface area (Å²) in [6.45, 7) is 0.737. The molecule has 3 rings (SSSR count). The number of hydrogen-bond acceptors (Lipinski definition) is 2.